The fourth-order valence-electron chi connectivity index (χ4n) is 3.07. The van der Waals surface area contributed by atoms with Crippen molar-refractivity contribution in [3.8, 4) is 0 Å². The number of carbonyl (C=O) groups excluding carboxylic acids is 1. The molecular weight excluding hydrogens is 369 g/mol. The van der Waals surface area contributed by atoms with Gasteiger partial charge in [0.05, 0.1) is 17.4 Å². The van der Waals surface area contributed by atoms with Crippen LogP contribution in [0.1, 0.15) is 31.2 Å². The maximum Gasteiger partial charge on any atom is 0.391 e. The number of aryl methyl sites for hydroxylation is 1. The molecule has 0 saturated heterocycles. The molecular formula is C17H23F3N2O3S. The first-order valence-electron chi connectivity index (χ1n) is 8.39. The molecule has 1 amide bonds. The van der Waals surface area contributed by atoms with Crippen LogP contribution in [-0.2, 0) is 14.8 Å². The molecule has 9 heteroatoms. The highest BCUT2D eigenvalue weighted by Crippen LogP contribution is 2.37. The minimum absolute atomic E-state index is 0.0631. The molecule has 1 N–H and O–H groups in total. The highest BCUT2D eigenvalue weighted by molar-refractivity contribution is 7.89. The number of sulfonamides is 1. The molecule has 146 valence electrons. The summed E-state index contributed by atoms with van der Waals surface area (Å²) < 4.78 is 64.3. The van der Waals surface area contributed by atoms with E-state index in [1.165, 1.54) is 19.2 Å². The SMILES string of the molecule is Cc1ccc(S(=O)(=O)N(C)CC(=O)NC2CCCC(C(F)(F)F)C2)cc1. The molecule has 0 spiro atoms. The summed E-state index contributed by atoms with van der Waals surface area (Å²) >= 11 is 0. The van der Waals surface area contributed by atoms with E-state index < -0.39 is 40.6 Å². The number of likely N-dealkylation sites (N-methyl/N-ethyl adjacent to an activating group) is 1. The largest absolute Gasteiger partial charge is 0.391 e. The molecule has 2 rings (SSSR count). The zero-order valence-corrected chi connectivity index (χ0v) is 15.5. The van der Waals surface area contributed by atoms with Crippen molar-refractivity contribution in [1.82, 2.24) is 9.62 Å². The van der Waals surface area contributed by atoms with Gasteiger partial charge in [-0.2, -0.15) is 17.5 Å². The molecule has 0 bridgehead atoms. The number of rotatable bonds is 5. The van der Waals surface area contributed by atoms with Crippen molar-refractivity contribution < 1.29 is 26.4 Å². The van der Waals surface area contributed by atoms with Crippen molar-refractivity contribution in [3.05, 3.63) is 29.8 Å². The Morgan fingerprint density at radius 2 is 1.85 bits per heavy atom. The summed E-state index contributed by atoms with van der Waals surface area (Å²) in [6.45, 7) is 1.38. The normalized spacial score (nSPS) is 21.6. The molecule has 1 aromatic carbocycles. The van der Waals surface area contributed by atoms with E-state index in [9.17, 15) is 26.4 Å². The number of nitrogens with zero attached hydrogens (tertiary/aromatic N) is 1. The molecule has 1 fully saturated rings. The van der Waals surface area contributed by atoms with Gasteiger partial charge >= 0.3 is 6.18 Å². The van der Waals surface area contributed by atoms with Gasteiger partial charge in [-0.05, 0) is 38.3 Å². The molecule has 26 heavy (non-hydrogen) atoms. The van der Waals surface area contributed by atoms with Gasteiger partial charge in [-0.1, -0.05) is 24.1 Å². The van der Waals surface area contributed by atoms with E-state index in [4.69, 9.17) is 0 Å². The number of amides is 1. The summed E-state index contributed by atoms with van der Waals surface area (Å²) in [5.74, 6) is -2.02. The maximum absolute atomic E-state index is 12.8. The Balaban J connectivity index is 1.95. The summed E-state index contributed by atoms with van der Waals surface area (Å²) in [6, 6.07) is 5.63. The first kappa shape index (κ1) is 20.7. The Kier molecular flexibility index (Phi) is 6.33. The van der Waals surface area contributed by atoms with Gasteiger partial charge < -0.3 is 5.32 Å². The van der Waals surface area contributed by atoms with E-state index >= 15 is 0 Å². The zero-order chi connectivity index (χ0) is 19.5. The molecule has 2 atom stereocenters. The van der Waals surface area contributed by atoms with Crippen LogP contribution in [0.15, 0.2) is 29.2 Å². The lowest BCUT2D eigenvalue weighted by molar-refractivity contribution is -0.184. The van der Waals surface area contributed by atoms with Gasteiger partial charge in [-0.25, -0.2) is 8.42 Å². The van der Waals surface area contributed by atoms with Crippen molar-refractivity contribution >= 4 is 15.9 Å². The minimum atomic E-state index is -4.27. The van der Waals surface area contributed by atoms with Crippen LogP contribution in [0, 0.1) is 12.8 Å². The van der Waals surface area contributed by atoms with Crippen LogP contribution in [0.3, 0.4) is 0 Å². The third-order valence-corrected chi connectivity index (χ3v) is 6.42. The van der Waals surface area contributed by atoms with Gasteiger partial charge in [0.2, 0.25) is 15.9 Å². The number of carbonyl (C=O) groups is 1. The van der Waals surface area contributed by atoms with E-state index in [0.29, 0.717) is 12.8 Å². The molecule has 1 aromatic rings. The Labute approximate surface area is 151 Å². The third kappa shape index (κ3) is 5.20. The monoisotopic (exact) mass is 392 g/mol. The summed E-state index contributed by atoms with van der Waals surface area (Å²) in [7, 11) is -2.56. The van der Waals surface area contributed by atoms with Crippen LogP contribution in [0.4, 0.5) is 13.2 Å². The van der Waals surface area contributed by atoms with E-state index in [1.807, 2.05) is 6.92 Å². The van der Waals surface area contributed by atoms with Crippen LogP contribution in [0.5, 0.6) is 0 Å². The van der Waals surface area contributed by atoms with Gasteiger partial charge in [0.25, 0.3) is 0 Å². The highest BCUT2D eigenvalue weighted by atomic mass is 32.2. The number of halogens is 3. The van der Waals surface area contributed by atoms with Crippen molar-refractivity contribution in [2.45, 2.75) is 49.7 Å². The first-order chi connectivity index (χ1) is 12.0. The number of benzene rings is 1. The quantitative estimate of drug-likeness (QED) is 0.838. The van der Waals surface area contributed by atoms with Gasteiger partial charge in [0.1, 0.15) is 0 Å². The lowest BCUT2D eigenvalue weighted by Crippen LogP contribution is -2.45. The second-order valence-corrected chi connectivity index (χ2v) is 8.79. The smallest absolute Gasteiger partial charge is 0.352 e. The standard InChI is InChI=1S/C17H23F3N2O3S/c1-12-6-8-15(9-7-12)26(24,25)22(2)11-16(23)21-14-5-3-4-13(10-14)17(18,19)20/h6-9,13-14H,3-5,10-11H2,1-2H3,(H,21,23). The maximum atomic E-state index is 12.8. The van der Waals surface area contributed by atoms with E-state index in [0.717, 1.165) is 9.87 Å². The van der Waals surface area contributed by atoms with Crippen molar-refractivity contribution in [3.63, 3.8) is 0 Å². The molecule has 1 aliphatic carbocycles. The number of alkyl halides is 3. The van der Waals surface area contributed by atoms with Gasteiger partial charge in [-0.3, -0.25) is 4.79 Å². The Bertz CT molecular complexity index is 733. The average Bonchev–Trinajstić information content (AvgIpc) is 2.54. The van der Waals surface area contributed by atoms with Gasteiger partial charge in [0, 0.05) is 13.1 Å². The molecule has 0 aromatic heterocycles. The summed E-state index contributed by atoms with van der Waals surface area (Å²) in [5.41, 5.74) is 0.904. The summed E-state index contributed by atoms with van der Waals surface area (Å²) in [4.78, 5) is 12.2. The number of nitrogens with one attached hydrogen (secondary N) is 1. The van der Waals surface area contributed by atoms with E-state index in [-0.39, 0.29) is 17.7 Å². The van der Waals surface area contributed by atoms with Crippen molar-refractivity contribution in [2.75, 3.05) is 13.6 Å². The third-order valence-electron chi connectivity index (χ3n) is 4.60. The number of hydrogen-bond donors (Lipinski definition) is 1. The summed E-state index contributed by atoms with van der Waals surface area (Å²) in [6.07, 6.45) is -3.52. The van der Waals surface area contributed by atoms with Crippen LogP contribution in [-0.4, -0.2) is 44.4 Å². The molecule has 1 saturated carbocycles. The van der Waals surface area contributed by atoms with Crippen molar-refractivity contribution in [2.24, 2.45) is 5.92 Å². The Hall–Kier alpha value is -1.61. The molecule has 0 aliphatic heterocycles. The first-order valence-corrected chi connectivity index (χ1v) is 9.83. The van der Waals surface area contributed by atoms with E-state index in [2.05, 4.69) is 5.32 Å². The molecule has 1 aliphatic rings. The predicted molar refractivity (Wildman–Crippen MR) is 90.9 cm³/mol. The van der Waals surface area contributed by atoms with Crippen LogP contribution >= 0.6 is 0 Å². The molecule has 2 unspecified atom stereocenters. The lowest BCUT2D eigenvalue weighted by atomic mass is 9.85. The molecule has 0 radical (unpaired) electrons. The molecule has 0 heterocycles. The fourth-order valence-corrected chi connectivity index (χ4v) is 4.20. The zero-order valence-electron chi connectivity index (χ0n) is 14.7. The number of hydrogen-bond acceptors (Lipinski definition) is 3. The van der Waals surface area contributed by atoms with Crippen molar-refractivity contribution in [1.29, 1.82) is 0 Å². The Morgan fingerprint density at radius 1 is 1.23 bits per heavy atom. The Morgan fingerprint density at radius 3 is 2.42 bits per heavy atom. The highest BCUT2D eigenvalue weighted by Gasteiger charge is 2.42. The fraction of sp³-hybridized carbons (Fsp3) is 0.588. The predicted octanol–water partition coefficient (Wildman–Crippen LogP) is 2.85. The van der Waals surface area contributed by atoms with E-state index in [1.54, 1.807) is 12.1 Å². The second-order valence-electron chi connectivity index (χ2n) is 6.74. The van der Waals surface area contributed by atoms with Gasteiger partial charge in [-0.15, -0.1) is 0 Å². The summed E-state index contributed by atoms with van der Waals surface area (Å²) in [5, 5.41) is 2.54. The van der Waals surface area contributed by atoms with Crippen LogP contribution in [0.2, 0.25) is 0 Å². The topological polar surface area (TPSA) is 66.5 Å². The average molecular weight is 392 g/mol. The second kappa shape index (κ2) is 7.96. The van der Waals surface area contributed by atoms with Crippen LogP contribution < -0.4 is 5.32 Å². The lowest BCUT2D eigenvalue weighted by Gasteiger charge is -2.31. The molecule has 5 nitrogen and oxygen atoms in total. The van der Waals surface area contributed by atoms with Crippen LogP contribution in [0.25, 0.3) is 0 Å². The minimum Gasteiger partial charge on any atom is -0.352 e. The van der Waals surface area contributed by atoms with Gasteiger partial charge in [0.15, 0.2) is 0 Å².